The fraction of sp³-hybridized carbons (Fsp3) is 0.682. The largest absolute Gasteiger partial charge is 0.598 e. The molecule has 1 aliphatic heterocycles. The second-order valence-corrected chi connectivity index (χ2v) is 12.1. The van der Waals surface area contributed by atoms with Gasteiger partial charge in [-0.3, -0.25) is 4.79 Å². The Labute approximate surface area is 176 Å². The Morgan fingerprint density at radius 1 is 1.24 bits per heavy atom. The van der Waals surface area contributed by atoms with Crippen LogP contribution >= 0.6 is 0 Å². The van der Waals surface area contributed by atoms with E-state index in [4.69, 9.17) is 4.74 Å². The summed E-state index contributed by atoms with van der Waals surface area (Å²) in [5.41, 5.74) is -0.137. The van der Waals surface area contributed by atoms with Crippen molar-refractivity contribution in [3.63, 3.8) is 0 Å². The van der Waals surface area contributed by atoms with Crippen molar-refractivity contribution in [1.82, 2.24) is 10.0 Å². The number of hydrogen-bond acceptors (Lipinski definition) is 5. The van der Waals surface area contributed by atoms with E-state index >= 15 is 4.39 Å². The van der Waals surface area contributed by atoms with Gasteiger partial charge in [-0.25, -0.2) is 4.39 Å². The quantitative estimate of drug-likeness (QED) is 0.571. The molecule has 0 amide bonds. The fourth-order valence-corrected chi connectivity index (χ4v) is 5.45. The Bertz CT molecular complexity index is 766. The third-order valence-electron chi connectivity index (χ3n) is 5.79. The molecule has 0 saturated carbocycles. The van der Waals surface area contributed by atoms with Gasteiger partial charge in [0.1, 0.15) is 16.2 Å². The van der Waals surface area contributed by atoms with Crippen LogP contribution in [0.3, 0.4) is 0 Å². The van der Waals surface area contributed by atoms with Gasteiger partial charge in [-0.05, 0) is 79.1 Å². The number of benzene rings is 1. The summed E-state index contributed by atoms with van der Waals surface area (Å²) in [6.07, 6.45) is 1.34. The standard InChI is InChI=1S/C22H33FN2O3S/c1-20(2,3)28-19(26)17-16-14(8-7-9-15(16)23)18(25-29(27)21(4,5)6)22(17)10-12-24-13-11-22/h7-9,17-18,24-25H,10-13H2,1-6H3/t17?,18-,29?/m1/s1. The van der Waals surface area contributed by atoms with Crippen molar-refractivity contribution < 1.29 is 18.5 Å². The molecule has 2 aliphatic rings. The molecule has 1 fully saturated rings. The number of halogens is 1. The number of hydrogen-bond donors (Lipinski definition) is 2. The van der Waals surface area contributed by atoms with Gasteiger partial charge in [0.2, 0.25) is 0 Å². The van der Waals surface area contributed by atoms with Crippen LogP contribution in [0, 0.1) is 11.2 Å². The van der Waals surface area contributed by atoms with Crippen LogP contribution in [0.25, 0.3) is 0 Å². The van der Waals surface area contributed by atoms with Gasteiger partial charge in [-0.2, -0.15) is 0 Å². The van der Waals surface area contributed by atoms with Gasteiger partial charge < -0.3 is 14.6 Å². The monoisotopic (exact) mass is 424 g/mol. The number of piperidine rings is 1. The molecule has 0 radical (unpaired) electrons. The summed E-state index contributed by atoms with van der Waals surface area (Å²) in [6.45, 7) is 12.6. The fourth-order valence-electron chi connectivity index (χ4n) is 4.52. The molecule has 2 N–H and O–H groups in total. The van der Waals surface area contributed by atoms with Crippen molar-refractivity contribution in [1.29, 1.82) is 0 Å². The molecule has 29 heavy (non-hydrogen) atoms. The molecule has 7 heteroatoms. The molecule has 5 nitrogen and oxygen atoms in total. The first-order chi connectivity index (χ1) is 13.4. The topological polar surface area (TPSA) is 73.4 Å². The minimum absolute atomic E-state index is 0.382. The second-order valence-electron chi connectivity index (χ2n) is 10.1. The predicted molar refractivity (Wildman–Crippen MR) is 113 cm³/mol. The summed E-state index contributed by atoms with van der Waals surface area (Å²) < 4.78 is 36.7. The maximum atomic E-state index is 15.1. The summed E-state index contributed by atoms with van der Waals surface area (Å²) in [5.74, 6) is -1.53. The highest BCUT2D eigenvalue weighted by atomic mass is 32.2. The number of ether oxygens (including phenoxy) is 1. The molecular formula is C22H33FN2O3S. The molecule has 0 aromatic heterocycles. The number of rotatable bonds is 3. The molecule has 1 heterocycles. The van der Waals surface area contributed by atoms with Crippen molar-refractivity contribution in [2.45, 2.75) is 76.7 Å². The molecule has 1 spiro atoms. The number of carbonyl (C=O) groups excluding carboxylic acids is 1. The zero-order chi connectivity index (χ0) is 21.6. The zero-order valence-corrected chi connectivity index (χ0v) is 19.0. The van der Waals surface area contributed by atoms with Crippen LogP contribution < -0.4 is 10.0 Å². The summed E-state index contributed by atoms with van der Waals surface area (Å²) in [6, 6.07) is 4.53. The Kier molecular flexibility index (Phi) is 6.09. The first kappa shape index (κ1) is 22.5. The molecule has 1 aromatic carbocycles. The van der Waals surface area contributed by atoms with Crippen LogP contribution in [-0.2, 0) is 20.9 Å². The Hall–Kier alpha value is -1.15. The number of esters is 1. The van der Waals surface area contributed by atoms with Crippen LogP contribution in [0.4, 0.5) is 4.39 Å². The van der Waals surface area contributed by atoms with Gasteiger partial charge in [0.15, 0.2) is 0 Å². The van der Waals surface area contributed by atoms with Crippen LogP contribution in [0.5, 0.6) is 0 Å². The van der Waals surface area contributed by atoms with Crippen molar-refractivity contribution in [2.75, 3.05) is 13.1 Å². The van der Waals surface area contributed by atoms with E-state index < -0.39 is 44.8 Å². The highest BCUT2D eigenvalue weighted by Gasteiger charge is 2.60. The number of nitrogens with one attached hydrogen (secondary N) is 2. The highest BCUT2D eigenvalue weighted by molar-refractivity contribution is 7.90. The van der Waals surface area contributed by atoms with Gasteiger partial charge in [0.05, 0.1) is 12.0 Å². The summed E-state index contributed by atoms with van der Waals surface area (Å²) >= 11 is -1.36. The number of carbonyl (C=O) groups is 1. The second kappa shape index (κ2) is 7.84. The lowest BCUT2D eigenvalue weighted by Crippen LogP contribution is -2.51. The normalized spacial score (nSPS) is 25.0. The minimum atomic E-state index is -1.36. The van der Waals surface area contributed by atoms with Crippen LogP contribution in [-0.4, -0.2) is 34.0 Å². The maximum absolute atomic E-state index is 15.1. The summed E-state index contributed by atoms with van der Waals surface area (Å²) in [4.78, 5) is 13.4. The van der Waals surface area contributed by atoms with E-state index in [1.807, 2.05) is 47.6 Å². The average molecular weight is 425 g/mol. The van der Waals surface area contributed by atoms with E-state index in [9.17, 15) is 9.35 Å². The van der Waals surface area contributed by atoms with Gasteiger partial charge in [0, 0.05) is 22.3 Å². The molecule has 3 rings (SSSR count). The van der Waals surface area contributed by atoms with Crippen LogP contribution in [0.15, 0.2) is 18.2 Å². The minimum Gasteiger partial charge on any atom is -0.598 e. The Balaban J connectivity index is 2.13. The molecule has 162 valence electrons. The lowest BCUT2D eigenvalue weighted by Gasteiger charge is -2.43. The molecule has 1 aromatic rings. The highest BCUT2D eigenvalue weighted by Crippen LogP contribution is 2.60. The first-order valence-corrected chi connectivity index (χ1v) is 11.4. The van der Waals surface area contributed by atoms with E-state index in [0.29, 0.717) is 18.4 Å². The first-order valence-electron chi connectivity index (χ1n) is 10.3. The molecule has 1 saturated heterocycles. The number of fused-ring (bicyclic) bond motifs is 1. The van der Waals surface area contributed by atoms with Crippen molar-refractivity contribution >= 4 is 17.3 Å². The SMILES string of the molecule is CC(C)(C)OC(=O)C1c2c(F)cccc2[C@@H](N[S+]([O-])C(C)(C)C)C12CCNCC2. The maximum Gasteiger partial charge on any atom is 0.314 e. The third kappa shape index (κ3) is 4.33. The molecular weight excluding hydrogens is 391 g/mol. The van der Waals surface area contributed by atoms with E-state index in [-0.39, 0.29) is 6.04 Å². The third-order valence-corrected chi connectivity index (χ3v) is 7.36. The predicted octanol–water partition coefficient (Wildman–Crippen LogP) is 3.73. The molecule has 1 aliphatic carbocycles. The van der Waals surface area contributed by atoms with Crippen LogP contribution in [0.2, 0.25) is 0 Å². The lowest BCUT2D eigenvalue weighted by atomic mass is 9.67. The van der Waals surface area contributed by atoms with Gasteiger partial charge in [-0.1, -0.05) is 12.1 Å². The Morgan fingerprint density at radius 2 is 1.86 bits per heavy atom. The average Bonchev–Trinajstić information content (AvgIpc) is 2.84. The van der Waals surface area contributed by atoms with E-state index in [2.05, 4.69) is 10.0 Å². The summed E-state index contributed by atoms with van der Waals surface area (Å²) in [5, 5.41) is 3.34. The smallest absolute Gasteiger partial charge is 0.314 e. The zero-order valence-electron chi connectivity index (χ0n) is 18.2. The van der Waals surface area contributed by atoms with E-state index in [0.717, 1.165) is 18.7 Å². The van der Waals surface area contributed by atoms with E-state index in [1.165, 1.54) is 6.07 Å². The molecule has 0 bridgehead atoms. The van der Waals surface area contributed by atoms with Gasteiger partial charge >= 0.3 is 5.97 Å². The van der Waals surface area contributed by atoms with Gasteiger partial charge in [0.25, 0.3) is 0 Å². The molecule has 2 unspecified atom stereocenters. The lowest BCUT2D eigenvalue weighted by molar-refractivity contribution is -0.161. The summed E-state index contributed by atoms with van der Waals surface area (Å²) in [7, 11) is 0. The Morgan fingerprint density at radius 3 is 2.41 bits per heavy atom. The van der Waals surface area contributed by atoms with Crippen LogP contribution in [0.1, 0.15) is 77.5 Å². The van der Waals surface area contributed by atoms with E-state index in [1.54, 1.807) is 6.07 Å². The molecule has 3 atom stereocenters. The van der Waals surface area contributed by atoms with Crippen molar-refractivity contribution in [2.24, 2.45) is 5.41 Å². The van der Waals surface area contributed by atoms with Gasteiger partial charge in [-0.15, -0.1) is 4.72 Å². The van der Waals surface area contributed by atoms with Crippen molar-refractivity contribution in [3.05, 3.63) is 35.1 Å². The van der Waals surface area contributed by atoms with Crippen molar-refractivity contribution in [3.8, 4) is 0 Å².